The predicted molar refractivity (Wildman–Crippen MR) is 106 cm³/mol. The van der Waals surface area contributed by atoms with E-state index in [1.54, 1.807) is 0 Å². The van der Waals surface area contributed by atoms with Gasteiger partial charge in [-0.1, -0.05) is 23.7 Å². The number of fused-ring (bicyclic) bond motifs is 1. The van der Waals surface area contributed by atoms with Crippen LogP contribution in [0.4, 0.5) is 22.0 Å². The Kier molecular flexibility index (Phi) is 5.36. The van der Waals surface area contributed by atoms with Crippen LogP contribution in [0.1, 0.15) is 60.3 Å². The molecule has 2 aliphatic carbocycles. The molecule has 7 nitrogen and oxygen atoms in total. The second-order valence-corrected chi connectivity index (χ2v) is 9.07. The monoisotopic (exact) mass is 484 g/mol. The first-order chi connectivity index (χ1) is 16.0. The van der Waals surface area contributed by atoms with Crippen molar-refractivity contribution in [2.45, 2.75) is 69.3 Å². The first kappa shape index (κ1) is 22.7. The van der Waals surface area contributed by atoms with Gasteiger partial charge >= 0.3 is 12.1 Å². The number of nitrogens with zero attached hydrogens (tertiary/aromatic N) is 3. The van der Waals surface area contributed by atoms with Gasteiger partial charge < -0.3 is 14.7 Å². The van der Waals surface area contributed by atoms with Gasteiger partial charge in [-0.15, -0.1) is 0 Å². The summed E-state index contributed by atoms with van der Waals surface area (Å²) in [6.07, 6.45) is -2.30. The molecule has 182 valence electrons. The Labute approximate surface area is 190 Å². The van der Waals surface area contributed by atoms with Crippen molar-refractivity contribution < 1.29 is 36.1 Å². The molecule has 2 atom stereocenters. The number of alkyl halides is 5. The van der Waals surface area contributed by atoms with E-state index < -0.39 is 42.4 Å². The Balaban J connectivity index is 1.41. The van der Waals surface area contributed by atoms with E-state index >= 15 is 8.78 Å². The summed E-state index contributed by atoms with van der Waals surface area (Å²) >= 11 is 0. The number of nitrogens with one attached hydrogen (secondary N) is 1. The van der Waals surface area contributed by atoms with E-state index in [-0.39, 0.29) is 41.7 Å². The fourth-order valence-corrected chi connectivity index (χ4v) is 4.87. The highest BCUT2D eigenvalue weighted by molar-refractivity contribution is 5.99. The van der Waals surface area contributed by atoms with E-state index in [9.17, 15) is 22.8 Å². The molecule has 0 radical (unpaired) electrons. The number of aromatic nitrogens is 2. The zero-order chi connectivity index (χ0) is 24.3. The maximum Gasteiger partial charge on any atom is 0.471 e. The molecule has 1 N–H and O–H groups in total. The average molecular weight is 484 g/mol. The third-order valence-corrected chi connectivity index (χ3v) is 6.85. The third kappa shape index (κ3) is 3.92. The molecule has 2 aromatic rings. The molecule has 12 heteroatoms. The van der Waals surface area contributed by atoms with Crippen LogP contribution in [0.3, 0.4) is 0 Å². The molecule has 2 fully saturated rings. The molecule has 3 aliphatic rings. The van der Waals surface area contributed by atoms with Gasteiger partial charge in [-0.2, -0.15) is 18.2 Å². The van der Waals surface area contributed by atoms with Crippen LogP contribution in [0, 0.1) is 5.92 Å². The van der Waals surface area contributed by atoms with Crippen LogP contribution in [0.5, 0.6) is 0 Å². The van der Waals surface area contributed by atoms with Gasteiger partial charge in [0.1, 0.15) is 6.04 Å². The molecule has 0 bridgehead atoms. The standard InChI is InChI=1S/C22H21F5N4O3/c23-21(24)8-2-5-15(28-18(32)11-3-1-4-11)16(21)31-10-13-7-6-12(9-14(13)19(31)33)17-29-20(34-30-17)22(25,26)27/h6-7,9,11,15-16H,1-5,8,10H2,(H,28,32)/t15-,16-/m1/s1. The molecule has 1 aromatic carbocycles. The van der Waals surface area contributed by atoms with Crippen molar-refractivity contribution in [2.75, 3.05) is 0 Å². The second kappa shape index (κ2) is 8.02. The highest BCUT2D eigenvalue weighted by Gasteiger charge is 2.53. The molecular weight excluding hydrogens is 463 g/mol. The van der Waals surface area contributed by atoms with Gasteiger partial charge in [0.25, 0.3) is 11.8 Å². The maximum atomic E-state index is 15.1. The van der Waals surface area contributed by atoms with Crippen molar-refractivity contribution >= 4 is 11.8 Å². The third-order valence-electron chi connectivity index (χ3n) is 6.85. The zero-order valence-corrected chi connectivity index (χ0v) is 17.9. The van der Waals surface area contributed by atoms with Crippen molar-refractivity contribution in [3.8, 4) is 11.4 Å². The molecule has 1 aromatic heterocycles. The lowest BCUT2D eigenvalue weighted by atomic mass is 9.82. The minimum absolute atomic E-state index is 0.0845. The quantitative estimate of drug-likeness (QED) is 0.658. The van der Waals surface area contributed by atoms with Crippen molar-refractivity contribution in [1.29, 1.82) is 0 Å². The molecule has 34 heavy (non-hydrogen) atoms. The van der Waals surface area contributed by atoms with Gasteiger partial charge in [0.2, 0.25) is 11.7 Å². The number of amides is 2. The van der Waals surface area contributed by atoms with Crippen LogP contribution < -0.4 is 5.32 Å². The summed E-state index contributed by atoms with van der Waals surface area (Å²) in [5.74, 6) is -6.21. The molecule has 0 unspecified atom stereocenters. The Hall–Kier alpha value is -3.05. The minimum atomic E-state index is -4.82. The smallest absolute Gasteiger partial charge is 0.351 e. The fraction of sp³-hybridized carbons (Fsp3) is 0.545. The highest BCUT2D eigenvalue weighted by atomic mass is 19.4. The second-order valence-electron chi connectivity index (χ2n) is 9.07. The van der Waals surface area contributed by atoms with Crippen LogP contribution in [0.2, 0.25) is 0 Å². The highest BCUT2D eigenvalue weighted by Crippen LogP contribution is 2.41. The molecule has 0 saturated heterocycles. The van der Waals surface area contributed by atoms with Gasteiger partial charge in [0.05, 0.1) is 6.04 Å². The zero-order valence-electron chi connectivity index (χ0n) is 17.9. The van der Waals surface area contributed by atoms with Crippen LogP contribution in [-0.2, 0) is 17.5 Å². The van der Waals surface area contributed by atoms with Gasteiger partial charge in [0, 0.05) is 30.0 Å². The summed E-state index contributed by atoms with van der Waals surface area (Å²) in [4.78, 5) is 30.1. The van der Waals surface area contributed by atoms with E-state index in [1.165, 1.54) is 18.2 Å². The predicted octanol–water partition coefficient (Wildman–Crippen LogP) is 4.18. The molecule has 1 aliphatic heterocycles. The Bertz CT molecular complexity index is 1130. The maximum absolute atomic E-state index is 15.1. The van der Waals surface area contributed by atoms with E-state index in [1.807, 2.05) is 0 Å². The number of benzene rings is 1. The van der Waals surface area contributed by atoms with Gasteiger partial charge in [0.15, 0.2) is 0 Å². The lowest BCUT2D eigenvalue weighted by molar-refractivity contribution is -0.159. The summed E-state index contributed by atoms with van der Waals surface area (Å²) in [5.41, 5.74) is 0.637. The Morgan fingerprint density at radius 3 is 2.59 bits per heavy atom. The van der Waals surface area contributed by atoms with Crippen molar-refractivity contribution in [1.82, 2.24) is 20.4 Å². The van der Waals surface area contributed by atoms with Crippen molar-refractivity contribution in [3.63, 3.8) is 0 Å². The lowest BCUT2D eigenvalue weighted by Crippen LogP contribution is -2.62. The van der Waals surface area contributed by atoms with E-state index in [0.29, 0.717) is 12.0 Å². The van der Waals surface area contributed by atoms with Crippen molar-refractivity contribution in [3.05, 3.63) is 35.2 Å². The normalized spacial score (nSPS) is 24.6. The van der Waals surface area contributed by atoms with Crippen LogP contribution in [0.25, 0.3) is 11.4 Å². The summed E-state index contributed by atoms with van der Waals surface area (Å²) < 4.78 is 72.7. The van der Waals surface area contributed by atoms with E-state index in [0.717, 1.165) is 24.2 Å². The molecule has 2 saturated carbocycles. The number of carbonyl (C=O) groups excluding carboxylic acids is 2. The van der Waals surface area contributed by atoms with Crippen LogP contribution in [0.15, 0.2) is 22.7 Å². The Morgan fingerprint density at radius 1 is 1.18 bits per heavy atom. The van der Waals surface area contributed by atoms with Gasteiger partial charge in [-0.25, -0.2) is 8.78 Å². The summed E-state index contributed by atoms with van der Waals surface area (Å²) in [6.45, 7) is -0.0927. The number of halogens is 5. The number of rotatable bonds is 4. The van der Waals surface area contributed by atoms with Crippen molar-refractivity contribution in [2.24, 2.45) is 5.92 Å². The SMILES string of the molecule is O=C(N[C@@H]1CCCC(F)(F)[C@@H]1N1Cc2ccc(-c3noc(C(F)(F)F)n3)cc2C1=O)C1CCC1. The fourth-order valence-electron chi connectivity index (χ4n) is 4.87. The van der Waals surface area contributed by atoms with E-state index in [4.69, 9.17) is 0 Å². The molecule has 2 heterocycles. The minimum Gasteiger partial charge on any atom is -0.351 e. The summed E-state index contributed by atoms with van der Waals surface area (Å²) in [5, 5.41) is 6.06. The summed E-state index contributed by atoms with van der Waals surface area (Å²) in [6, 6.07) is 1.77. The van der Waals surface area contributed by atoms with Gasteiger partial charge in [-0.3, -0.25) is 9.59 Å². The first-order valence-corrected chi connectivity index (χ1v) is 11.1. The molecular formula is C22H21F5N4O3. The molecule has 0 spiro atoms. The van der Waals surface area contributed by atoms with E-state index in [2.05, 4.69) is 20.0 Å². The first-order valence-electron chi connectivity index (χ1n) is 11.1. The number of carbonyl (C=O) groups is 2. The lowest BCUT2D eigenvalue weighted by Gasteiger charge is -2.43. The molecule has 2 amide bonds. The van der Waals surface area contributed by atoms with Gasteiger partial charge in [-0.05, 0) is 37.3 Å². The van der Waals surface area contributed by atoms with Crippen LogP contribution in [-0.4, -0.2) is 44.9 Å². The summed E-state index contributed by atoms with van der Waals surface area (Å²) in [7, 11) is 0. The molecule has 5 rings (SSSR count). The largest absolute Gasteiger partial charge is 0.471 e. The number of hydrogen-bond donors (Lipinski definition) is 1. The topological polar surface area (TPSA) is 88.3 Å². The van der Waals surface area contributed by atoms with Crippen LogP contribution >= 0.6 is 0 Å². The number of hydrogen-bond acceptors (Lipinski definition) is 5. The average Bonchev–Trinajstić information content (AvgIpc) is 3.32. The Morgan fingerprint density at radius 2 is 1.94 bits per heavy atom.